The first-order chi connectivity index (χ1) is 10.5. The second kappa shape index (κ2) is 6.67. The summed E-state index contributed by atoms with van der Waals surface area (Å²) in [6, 6.07) is 9.25. The number of hydrogen-bond acceptors (Lipinski definition) is 5. The van der Waals surface area contributed by atoms with Crippen molar-refractivity contribution in [3.8, 4) is 23.0 Å². The molecule has 2 rings (SSSR count). The zero-order valence-electron chi connectivity index (χ0n) is 12.2. The Balaban J connectivity index is 2.19. The number of ether oxygens (including phenoxy) is 2. The van der Waals surface area contributed by atoms with Crippen LogP contribution in [0.2, 0.25) is 0 Å². The zero-order valence-corrected chi connectivity index (χ0v) is 12.2. The van der Waals surface area contributed by atoms with E-state index in [1.165, 1.54) is 38.5 Å². The molecule has 0 bridgehead atoms. The van der Waals surface area contributed by atoms with Gasteiger partial charge in [-0.05, 0) is 35.9 Å². The van der Waals surface area contributed by atoms with Gasteiger partial charge < -0.3 is 19.7 Å². The van der Waals surface area contributed by atoms with E-state index in [0.29, 0.717) is 17.1 Å². The summed E-state index contributed by atoms with van der Waals surface area (Å²) in [5.41, 5.74) is 0.814. The molecule has 0 radical (unpaired) electrons. The Morgan fingerprint density at radius 3 is 2.36 bits per heavy atom. The van der Waals surface area contributed by atoms with Gasteiger partial charge >= 0.3 is 0 Å². The van der Waals surface area contributed by atoms with Gasteiger partial charge in [0.1, 0.15) is 11.5 Å². The Morgan fingerprint density at radius 2 is 1.77 bits per heavy atom. The largest absolute Gasteiger partial charge is 0.507 e. The predicted molar refractivity (Wildman–Crippen MR) is 82.7 cm³/mol. The van der Waals surface area contributed by atoms with E-state index >= 15 is 0 Å². The highest BCUT2D eigenvalue weighted by molar-refractivity contribution is 6.08. The highest BCUT2D eigenvalue weighted by Crippen LogP contribution is 2.27. The molecule has 0 saturated heterocycles. The Morgan fingerprint density at radius 1 is 1.00 bits per heavy atom. The first-order valence-corrected chi connectivity index (χ1v) is 6.51. The Hall–Kier alpha value is -2.95. The van der Waals surface area contributed by atoms with Crippen molar-refractivity contribution >= 4 is 11.9 Å². The van der Waals surface area contributed by atoms with E-state index in [4.69, 9.17) is 9.47 Å². The van der Waals surface area contributed by atoms with E-state index in [2.05, 4.69) is 0 Å². The number of phenols is 2. The summed E-state index contributed by atoms with van der Waals surface area (Å²) in [4.78, 5) is 12.1. The van der Waals surface area contributed by atoms with E-state index < -0.39 is 0 Å². The fraction of sp³-hybridized carbons (Fsp3) is 0.118. The second-order valence-electron chi connectivity index (χ2n) is 4.51. The number of hydrogen-bond donors (Lipinski definition) is 2. The fourth-order valence-electron chi connectivity index (χ4n) is 1.92. The van der Waals surface area contributed by atoms with Gasteiger partial charge in [0.05, 0.1) is 19.8 Å². The van der Waals surface area contributed by atoms with E-state index in [-0.39, 0.29) is 22.8 Å². The van der Waals surface area contributed by atoms with Gasteiger partial charge in [0.25, 0.3) is 0 Å². The van der Waals surface area contributed by atoms with Crippen molar-refractivity contribution in [3.63, 3.8) is 0 Å². The molecule has 0 unspecified atom stereocenters. The molecule has 0 atom stereocenters. The van der Waals surface area contributed by atoms with Crippen LogP contribution in [0, 0.1) is 0 Å². The smallest absolute Gasteiger partial charge is 0.189 e. The van der Waals surface area contributed by atoms with Crippen molar-refractivity contribution in [3.05, 3.63) is 53.6 Å². The number of carbonyl (C=O) groups is 1. The van der Waals surface area contributed by atoms with Gasteiger partial charge in [0.15, 0.2) is 17.3 Å². The van der Waals surface area contributed by atoms with E-state index in [1.807, 2.05) is 0 Å². The lowest BCUT2D eigenvalue weighted by molar-refractivity contribution is 0.104. The van der Waals surface area contributed by atoms with Gasteiger partial charge in [-0.15, -0.1) is 0 Å². The molecule has 2 N–H and O–H groups in total. The maximum absolute atomic E-state index is 12.1. The SMILES string of the molecule is COc1ccc(C(=O)C=Cc2ccc(OC)c(O)c2)c(O)c1. The molecular formula is C17H16O5. The molecule has 0 spiro atoms. The summed E-state index contributed by atoms with van der Waals surface area (Å²) in [5, 5.41) is 19.5. The van der Waals surface area contributed by atoms with Crippen LogP contribution < -0.4 is 9.47 Å². The lowest BCUT2D eigenvalue weighted by Crippen LogP contribution is -1.95. The number of aromatic hydroxyl groups is 2. The number of ketones is 1. The van der Waals surface area contributed by atoms with E-state index in [0.717, 1.165) is 0 Å². The Labute approximate surface area is 128 Å². The van der Waals surface area contributed by atoms with Crippen LogP contribution in [0.1, 0.15) is 15.9 Å². The third-order valence-corrected chi connectivity index (χ3v) is 3.10. The highest BCUT2D eigenvalue weighted by atomic mass is 16.5. The molecule has 0 heterocycles. The van der Waals surface area contributed by atoms with Gasteiger partial charge in [0.2, 0.25) is 0 Å². The highest BCUT2D eigenvalue weighted by Gasteiger charge is 2.09. The zero-order chi connectivity index (χ0) is 16.1. The minimum atomic E-state index is -0.351. The molecule has 0 fully saturated rings. The molecule has 2 aromatic rings. The summed E-state index contributed by atoms with van der Waals surface area (Å²) >= 11 is 0. The number of phenolic OH excluding ortho intramolecular Hbond substituents is 2. The first-order valence-electron chi connectivity index (χ1n) is 6.51. The molecule has 0 aliphatic heterocycles. The maximum atomic E-state index is 12.1. The summed E-state index contributed by atoms with van der Waals surface area (Å²) in [7, 11) is 2.94. The molecular weight excluding hydrogens is 284 g/mol. The minimum absolute atomic E-state index is 0.00982. The average Bonchev–Trinajstić information content (AvgIpc) is 2.52. The van der Waals surface area contributed by atoms with Crippen molar-refractivity contribution < 1.29 is 24.5 Å². The third-order valence-electron chi connectivity index (χ3n) is 3.10. The van der Waals surface area contributed by atoms with Crippen molar-refractivity contribution in [1.29, 1.82) is 0 Å². The predicted octanol–water partition coefficient (Wildman–Crippen LogP) is 3.01. The van der Waals surface area contributed by atoms with Crippen LogP contribution in [0.5, 0.6) is 23.0 Å². The topological polar surface area (TPSA) is 76.0 Å². The van der Waals surface area contributed by atoms with Crippen LogP contribution in [-0.2, 0) is 0 Å². The first kappa shape index (κ1) is 15.4. The van der Waals surface area contributed by atoms with Gasteiger partial charge in [-0.25, -0.2) is 0 Å². The molecule has 0 amide bonds. The monoisotopic (exact) mass is 300 g/mol. The van der Waals surface area contributed by atoms with Crippen molar-refractivity contribution in [2.75, 3.05) is 14.2 Å². The van der Waals surface area contributed by atoms with Crippen LogP contribution in [0.25, 0.3) is 6.08 Å². The summed E-state index contributed by atoms with van der Waals surface area (Å²) in [5.74, 6) is 0.320. The molecule has 0 saturated carbocycles. The number of benzene rings is 2. The minimum Gasteiger partial charge on any atom is -0.507 e. The van der Waals surface area contributed by atoms with Crippen LogP contribution in [-0.4, -0.2) is 30.2 Å². The molecule has 2 aromatic carbocycles. The maximum Gasteiger partial charge on any atom is 0.189 e. The van der Waals surface area contributed by atoms with E-state index in [9.17, 15) is 15.0 Å². The molecule has 5 heteroatoms. The number of rotatable bonds is 5. The van der Waals surface area contributed by atoms with Crippen molar-refractivity contribution in [2.24, 2.45) is 0 Å². The van der Waals surface area contributed by atoms with Gasteiger partial charge in [0, 0.05) is 6.07 Å². The lowest BCUT2D eigenvalue weighted by atomic mass is 10.1. The van der Waals surface area contributed by atoms with Gasteiger partial charge in [-0.1, -0.05) is 12.1 Å². The summed E-state index contributed by atoms with van der Waals surface area (Å²) < 4.78 is 9.91. The summed E-state index contributed by atoms with van der Waals surface area (Å²) in [6.07, 6.45) is 2.87. The average molecular weight is 300 g/mol. The quantitative estimate of drug-likeness (QED) is 0.655. The van der Waals surface area contributed by atoms with Crippen LogP contribution in [0.3, 0.4) is 0 Å². The number of methoxy groups -OCH3 is 2. The fourth-order valence-corrected chi connectivity index (χ4v) is 1.92. The standard InChI is InChI=1S/C17H16O5/c1-21-12-5-6-13(15(19)10-12)14(18)7-3-11-4-8-17(22-2)16(20)9-11/h3-10,19-20H,1-2H3. The van der Waals surface area contributed by atoms with Crippen LogP contribution in [0.15, 0.2) is 42.5 Å². The molecule has 22 heavy (non-hydrogen) atoms. The Bertz CT molecular complexity index is 719. The second-order valence-corrected chi connectivity index (χ2v) is 4.51. The van der Waals surface area contributed by atoms with Crippen LogP contribution >= 0.6 is 0 Å². The van der Waals surface area contributed by atoms with Crippen LogP contribution in [0.4, 0.5) is 0 Å². The van der Waals surface area contributed by atoms with Crippen molar-refractivity contribution in [1.82, 2.24) is 0 Å². The summed E-state index contributed by atoms with van der Waals surface area (Å²) in [6.45, 7) is 0. The van der Waals surface area contributed by atoms with Gasteiger partial charge in [-0.3, -0.25) is 4.79 Å². The normalized spacial score (nSPS) is 10.6. The molecule has 0 aromatic heterocycles. The number of allylic oxidation sites excluding steroid dienone is 1. The molecule has 0 aliphatic rings. The molecule has 5 nitrogen and oxygen atoms in total. The van der Waals surface area contributed by atoms with Gasteiger partial charge in [-0.2, -0.15) is 0 Å². The Kier molecular flexibility index (Phi) is 4.68. The third kappa shape index (κ3) is 3.38. The molecule has 0 aliphatic carbocycles. The molecule has 114 valence electrons. The van der Waals surface area contributed by atoms with Crippen molar-refractivity contribution in [2.45, 2.75) is 0 Å². The number of carbonyl (C=O) groups excluding carboxylic acids is 1. The van der Waals surface area contributed by atoms with E-state index in [1.54, 1.807) is 24.3 Å². The lowest BCUT2D eigenvalue weighted by Gasteiger charge is -2.04.